The van der Waals surface area contributed by atoms with Crippen LogP contribution < -0.4 is 11.2 Å². The maximum absolute atomic E-state index is 5.55. The van der Waals surface area contributed by atoms with Gasteiger partial charge < -0.3 is 5.73 Å². The Morgan fingerprint density at radius 2 is 2.10 bits per heavy atom. The van der Waals surface area contributed by atoms with E-state index in [0.29, 0.717) is 10.9 Å². The summed E-state index contributed by atoms with van der Waals surface area (Å²) in [4.78, 5) is 4.07. The summed E-state index contributed by atoms with van der Waals surface area (Å²) >= 11 is 5.04. The van der Waals surface area contributed by atoms with Crippen molar-refractivity contribution in [2.75, 3.05) is 11.2 Å². The van der Waals surface area contributed by atoms with Crippen molar-refractivity contribution in [3.8, 4) is 0 Å². The normalized spacial score (nSPS) is 11.2. The van der Waals surface area contributed by atoms with Crippen LogP contribution in [-0.4, -0.2) is 11.2 Å². The molecule has 3 rings (SSSR count). The lowest BCUT2D eigenvalue weighted by atomic mass is 10.1. The number of nitrogens with two attached hydrogens (primary N) is 1. The topological polar surface area (TPSA) is 63.3 Å². The Kier molecular flexibility index (Phi) is 3.66. The Morgan fingerprint density at radius 1 is 1.25 bits per heavy atom. The Bertz CT molecular complexity index is 782. The van der Waals surface area contributed by atoms with Crippen molar-refractivity contribution in [1.82, 2.24) is 4.98 Å². The summed E-state index contributed by atoms with van der Waals surface area (Å²) in [5, 5.41) is 8.98. The Hall–Kier alpha value is -1.92. The first-order chi connectivity index (χ1) is 9.74. The predicted octanol–water partition coefficient (Wildman–Crippen LogP) is 4.09. The molecular weight excluding hydrogens is 336 g/mol. The van der Waals surface area contributed by atoms with Gasteiger partial charge in [-0.3, -0.25) is 5.43 Å². The average molecular weight is 347 g/mol. The first kappa shape index (κ1) is 13.1. The number of nitrogens with zero attached hydrogens (tertiary/aromatic N) is 2. The molecular formula is C14H11BrN4S. The number of nitrogen functional groups attached to an aromatic ring is 1. The van der Waals surface area contributed by atoms with Crippen molar-refractivity contribution < 1.29 is 0 Å². The minimum atomic E-state index is 0.500. The molecule has 2 aromatic carbocycles. The molecule has 0 bridgehead atoms. The molecule has 6 heteroatoms. The minimum absolute atomic E-state index is 0.500. The van der Waals surface area contributed by atoms with Gasteiger partial charge in [0, 0.05) is 15.4 Å². The summed E-state index contributed by atoms with van der Waals surface area (Å²) in [6.07, 6.45) is 1.76. The van der Waals surface area contributed by atoms with Gasteiger partial charge in [0.2, 0.25) is 5.13 Å². The molecule has 1 heterocycles. The van der Waals surface area contributed by atoms with Crippen LogP contribution >= 0.6 is 27.3 Å². The molecule has 0 saturated carbocycles. The number of halogens is 1. The third-order valence-electron chi connectivity index (χ3n) is 2.78. The van der Waals surface area contributed by atoms with Gasteiger partial charge in [0.1, 0.15) is 5.82 Å². The van der Waals surface area contributed by atoms with Gasteiger partial charge >= 0.3 is 0 Å². The van der Waals surface area contributed by atoms with Gasteiger partial charge in [0.25, 0.3) is 0 Å². The first-order valence-electron chi connectivity index (χ1n) is 5.91. The van der Waals surface area contributed by atoms with Gasteiger partial charge in [-0.2, -0.15) is 5.10 Å². The number of nitrogens with one attached hydrogen (secondary N) is 1. The highest BCUT2D eigenvalue weighted by atomic mass is 79.9. The Labute approximate surface area is 128 Å². The first-order valence-corrected chi connectivity index (χ1v) is 7.58. The van der Waals surface area contributed by atoms with Crippen molar-refractivity contribution in [3.05, 3.63) is 51.8 Å². The second kappa shape index (κ2) is 5.60. The van der Waals surface area contributed by atoms with E-state index in [-0.39, 0.29) is 0 Å². The maximum atomic E-state index is 5.55. The molecule has 1 aromatic heterocycles. The molecule has 0 aliphatic rings. The third kappa shape index (κ3) is 2.66. The Morgan fingerprint density at radius 3 is 2.90 bits per heavy atom. The van der Waals surface area contributed by atoms with Gasteiger partial charge in [-0.15, -0.1) is 11.3 Å². The lowest BCUT2D eigenvalue weighted by Crippen LogP contribution is -1.92. The molecule has 0 amide bonds. The quantitative estimate of drug-likeness (QED) is 0.554. The van der Waals surface area contributed by atoms with Crippen molar-refractivity contribution in [2.24, 2.45) is 5.10 Å². The van der Waals surface area contributed by atoms with Gasteiger partial charge in [-0.05, 0) is 26.7 Å². The van der Waals surface area contributed by atoms with E-state index in [1.807, 2.05) is 18.2 Å². The van der Waals surface area contributed by atoms with Crippen molar-refractivity contribution in [2.45, 2.75) is 0 Å². The van der Waals surface area contributed by atoms with Crippen LogP contribution in [-0.2, 0) is 0 Å². The summed E-state index contributed by atoms with van der Waals surface area (Å²) in [6, 6.07) is 12.3. The second-order valence-corrected chi connectivity index (χ2v) is 5.79. The monoisotopic (exact) mass is 346 g/mol. The number of benzene rings is 2. The number of rotatable bonds is 3. The van der Waals surface area contributed by atoms with Crippen LogP contribution in [0.15, 0.2) is 51.4 Å². The summed E-state index contributed by atoms with van der Waals surface area (Å²) in [7, 11) is 0. The maximum Gasteiger partial charge on any atom is 0.205 e. The van der Waals surface area contributed by atoms with Gasteiger partial charge in [0.05, 0.1) is 6.21 Å². The average Bonchev–Trinajstić information content (AvgIpc) is 2.87. The fourth-order valence-electron chi connectivity index (χ4n) is 1.84. The lowest BCUT2D eigenvalue weighted by Gasteiger charge is -2.03. The van der Waals surface area contributed by atoms with Crippen molar-refractivity contribution in [1.29, 1.82) is 0 Å². The smallest absolute Gasteiger partial charge is 0.205 e. The van der Waals surface area contributed by atoms with Crippen LogP contribution in [0.4, 0.5) is 10.9 Å². The predicted molar refractivity (Wildman–Crippen MR) is 89.4 cm³/mol. The molecule has 4 nitrogen and oxygen atoms in total. The molecule has 3 aromatic rings. The lowest BCUT2D eigenvalue weighted by molar-refractivity contribution is 1.29. The Balaban J connectivity index is 1.85. The van der Waals surface area contributed by atoms with Crippen LogP contribution in [0.2, 0.25) is 0 Å². The minimum Gasteiger partial charge on any atom is -0.383 e. The zero-order chi connectivity index (χ0) is 13.9. The third-order valence-corrected chi connectivity index (χ3v) is 4.43. The highest BCUT2D eigenvalue weighted by Gasteiger charge is 2.02. The zero-order valence-electron chi connectivity index (χ0n) is 10.4. The van der Waals surface area contributed by atoms with E-state index in [1.54, 1.807) is 11.6 Å². The summed E-state index contributed by atoms with van der Waals surface area (Å²) in [5.41, 5.74) is 9.41. The number of hydrogen-bond acceptors (Lipinski definition) is 5. The van der Waals surface area contributed by atoms with E-state index in [4.69, 9.17) is 5.73 Å². The molecule has 100 valence electrons. The number of thiazole rings is 1. The molecule has 0 atom stereocenters. The highest BCUT2D eigenvalue weighted by molar-refractivity contribution is 9.10. The molecule has 0 fully saturated rings. The van der Waals surface area contributed by atoms with Crippen LogP contribution in [0.3, 0.4) is 0 Å². The van der Waals surface area contributed by atoms with Gasteiger partial charge in [-0.25, -0.2) is 4.98 Å². The number of hydrogen-bond donors (Lipinski definition) is 2. The van der Waals surface area contributed by atoms with Crippen LogP contribution in [0.5, 0.6) is 0 Å². The molecule has 0 saturated heterocycles. The standard InChI is InChI=1S/C14H11BrN4S/c15-13-10(6-5-9-3-1-2-4-11(9)13)7-17-19-14-18-12(16)8-20-14/h1-8H,16H2,(H,18,19). The van der Waals surface area contributed by atoms with Gasteiger partial charge in [-0.1, -0.05) is 36.4 Å². The number of aromatic nitrogens is 1. The fraction of sp³-hybridized carbons (Fsp3) is 0. The number of hydrazone groups is 1. The van der Waals surface area contributed by atoms with E-state index in [0.717, 1.165) is 15.4 Å². The highest BCUT2D eigenvalue weighted by Crippen LogP contribution is 2.26. The van der Waals surface area contributed by atoms with E-state index < -0.39 is 0 Å². The second-order valence-electron chi connectivity index (χ2n) is 4.14. The van der Waals surface area contributed by atoms with Crippen LogP contribution in [0.1, 0.15) is 5.56 Å². The molecule has 20 heavy (non-hydrogen) atoms. The largest absolute Gasteiger partial charge is 0.383 e. The number of anilines is 2. The summed E-state index contributed by atoms with van der Waals surface area (Å²) < 4.78 is 1.03. The van der Waals surface area contributed by atoms with E-state index in [2.05, 4.69) is 49.6 Å². The summed E-state index contributed by atoms with van der Waals surface area (Å²) in [6.45, 7) is 0. The molecule has 0 unspecified atom stereocenters. The van der Waals surface area contributed by atoms with Crippen molar-refractivity contribution in [3.63, 3.8) is 0 Å². The SMILES string of the molecule is Nc1csc(NN=Cc2ccc3ccccc3c2Br)n1. The number of fused-ring (bicyclic) bond motifs is 1. The van der Waals surface area contributed by atoms with E-state index in [9.17, 15) is 0 Å². The fourth-order valence-corrected chi connectivity index (χ4v) is 2.99. The van der Waals surface area contributed by atoms with E-state index in [1.165, 1.54) is 16.7 Å². The van der Waals surface area contributed by atoms with Crippen LogP contribution in [0.25, 0.3) is 10.8 Å². The molecule has 0 spiro atoms. The molecule has 3 N–H and O–H groups in total. The van der Waals surface area contributed by atoms with Crippen molar-refractivity contribution >= 4 is 55.2 Å². The van der Waals surface area contributed by atoms with Gasteiger partial charge in [0.15, 0.2) is 0 Å². The zero-order valence-corrected chi connectivity index (χ0v) is 12.8. The van der Waals surface area contributed by atoms with E-state index >= 15 is 0 Å². The molecule has 0 aliphatic heterocycles. The molecule has 0 radical (unpaired) electrons. The molecule has 0 aliphatic carbocycles. The van der Waals surface area contributed by atoms with Crippen LogP contribution in [0, 0.1) is 0 Å². The summed E-state index contributed by atoms with van der Waals surface area (Å²) in [5.74, 6) is 0.500.